The second kappa shape index (κ2) is 3.70. The fourth-order valence-electron chi connectivity index (χ4n) is 2.77. The van der Waals surface area contributed by atoms with Gasteiger partial charge in [0.05, 0.1) is 18.7 Å². The van der Waals surface area contributed by atoms with Gasteiger partial charge in [0.2, 0.25) is 0 Å². The minimum Gasteiger partial charge on any atom is -0.466 e. The zero-order chi connectivity index (χ0) is 12.8. The number of aliphatic hydroxyl groups excluding tert-OH is 1. The lowest BCUT2D eigenvalue weighted by molar-refractivity contribution is -0.181. The van der Waals surface area contributed by atoms with E-state index in [-0.39, 0.29) is 11.3 Å². The molecule has 5 nitrogen and oxygen atoms in total. The van der Waals surface area contributed by atoms with Gasteiger partial charge >= 0.3 is 5.97 Å². The fourth-order valence-corrected chi connectivity index (χ4v) is 2.77. The summed E-state index contributed by atoms with van der Waals surface area (Å²) >= 11 is 0. The maximum atomic E-state index is 11.9. The van der Waals surface area contributed by atoms with E-state index in [0.29, 0.717) is 12.8 Å². The second-order valence-electron chi connectivity index (χ2n) is 5.75. The number of aliphatic hydroxyl groups is 1. The Bertz CT molecular complexity index is 371. The predicted octanol–water partition coefficient (Wildman–Crippen LogP) is 1.10. The summed E-state index contributed by atoms with van der Waals surface area (Å²) < 4.78 is 4.77. The van der Waals surface area contributed by atoms with E-state index in [0.717, 1.165) is 5.71 Å². The van der Waals surface area contributed by atoms with Gasteiger partial charge in [-0.3, -0.25) is 0 Å². The number of nitrogens with zero attached hydrogens (tertiary/aromatic N) is 1. The van der Waals surface area contributed by atoms with E-state index in [1.807, 2.05) is 20.8 Å². The first-order chi connectivity index (χ1) is 7.84. The SMILES string of the molecule is COC(=O)C12ON=C(C(C)(C)C)C1CCC2O. The van der Waals surface area contributed by atoms with Crippen molar-refractivity contribution in [2.24, 2.45) is 16.5 Å². The van der Waals surface area contributed by atoms with E-state index >= 15 is 0 Å². The number of carbonyl (C=O) groups is 1. The van der Waals surface area contributed by atoms with Gasteiger partial charge in [-0.2, -0.15) is 0 Å². The molecule has 2 rings (SSSR count). The normalized spacial score (nSPS) is 36.2. The van der Waals surface area contributed by atoms with E-state index in [9.17, 15) is 9.90 Å². The number of ether oxygens (including phenoxy) is 1. The molecule has 1 saturated carbocycles. The molecule has 17 heavy (non-hydrogen) atoms. The van der Waals surface area contributed by atoms with Crippen LogP contribution >= 0.6 is 0 Å². The van der Waals surface area contributed by atoms with Crippen LogP contribution in [0.2, 0.25) is 0 Å². The molecule has 2 aliphatic rings. The molecule has 3 unspecified atom stereocenters. The van der Waals surface area contributed by atoms with Crippen molar-refractivity contribution in [1.29, 1.82) is 0 Å². The molecule has 0 aromatic rings. The van der Waals surface area contributed by atoms with Gasteiger partial charge in [-0.15, -0.1) is 0 Å². The van der Waals surface area contributed by atoms with E-state index in [2.05, 4.69) is 5.16 Å². The predicted molar refractivity (Wildman–Crippen MR) is 61.5 cm³/mol. The van der Waals surface area contributed by atoms with E-state index < -0.39 is 17.7 Å². The zero-order valence-corrected chi connectivity index (χ0v) is 10.7. The number of hydrogen-bond donors (Lipinski definition) is 1. The summed E-state index contributed by atoms with van der Waals surface area (Å²) in [4.78, 5) is 17.3. The Balaban J connectivity index is 2.38. The van der Waals surface area contributed by atoms with Crippen LogP contribution in [0.4, 0.5) is 0 Å². The molecular formula is C12H19NO4. The lowest BCUT2D eigenvalue weighted by Crippen LogP contribution is -2.52. The van der Waals surface area contributed by atoms with E-state index in [1.165, 1.54) is 7.11 Å². The van der Waals surface area contributed by atoms with Crippen LogP contribution in [0.5, 0.6) is 0 Å². The topological polar surface area (TPSA) is 68.1 Å². The highest BCUT2D eigenvalue weighted by molar-refractivity contribution is 5.99. The molecule has 0 amide bonds. The van der Waals surface area contributed by atoms with Crippen molar-refractivity contribution in [2.75, 3.05) is 7.11 Å². The fraction of sp³-hybridized carbons (Fsp3) is 0.833. The number of esters is 1. The van der Waals surface area contributed by atoms with Crippen LogP contribution in [0, 0.1) is 11.3 Å². The summed E-state index contributed by atoms with van der Waals surface area (Å²) in [5.41, 5.74) is -0.651. The number of methoxy groups -OCH3 is 1. The molecule has 1 aliphatic carbocycles. The van der Waals surface area contributed by atoms with Gasteiger partial charge in [-0.25, -0.2) is 4.79 Å². The van der Waals surface area contributed by atoms with Crippen LogP contribution in [-0.2, 0) is 14.4 Å². The van der Waals surface area contributed by atoms with Gasteiger partial charge < -0.3 is 14.7 Å². The Morgan fingerprint density at radius 2 is 2.18 bits per heavy atom. The van der Waals surface area contributed by atoms with Crippen molar-refractivity contribution in [3.8, 4) is 0 Å². The van der Waals surface area contributed by atoms with Gasteiger partial charge in [0.15, 0.2) is 0 Å². The van der Waals surface area contributed by atoms with Gasteiger partial charge in [0.1, 0.15) is 6.10 Å². The highest BCUT2D eigenvalue weighted by Gasteiger charge is 2.65. The first-order valence-corrected chi connectivity index (χ1v) is 5.87. The largest absolute Gasteiger partial charge is 0.466 e. The molecule has 0 radical (unpaired) electrons. The molecule has 0 spiro atoms. The van der Waals surface area contributed by atoms with Crippen molar-refractivity contribution in [2.45, 2.75) is 45.3 Å². The molecule has 0 saturated heterocycles. The van der Waals surface area contributed by atoms with E-state index in [1.54, 1.807) is 0 Å². The summed E-state index contributed by atoms with van der Waals surface area (Å²) in [7, 11) is 1.30. The maximum absolute atomic E-state index is 11.9. The molecule has 1 heterocycles. The average Bonchev–Trinajstić information content (AvgIpc) is 2.76. The third-order valence-corrected chi connectivity index (χ3v) is 3.64. The van der Waals surface area contributed by atoms with Crippen LogP contribution in [0.15, 0.2) is 5.16 Å². The van der Waals surface area contributed by atoms with Crippen LogP contribution in [0.25, 0.3) is 0 Å². The number of rotatable bonds is 1. The third-order valence-electron chi connectivity index (χ3n) is 3.64. The smallest absolute Gasteiger partial charge is 0.356 e. The van der Waals surface area contributed by atoms with Crippen LogP contribution in [0.3, 0.4) is 0 Å². The Labute approximate surface area is 101 Å². The summed E-state index contributed by atoms with van der Waals surface area (Å²) in [6.45, 7) is 6.06. The highest BCUT2D eigenvalue weighted by Crippen LogP contribution is 2.48. The lowest BCUT2D eigenvalue weighted by atomic mass is 9.76. The summed E-state index contributed by atoms with van der Waals surface area (Å²) in [6.07, 6.45) is 0.393. The monoisotopic (exact) mass is 241 g/mol. The van der Waals surface area contributed by atoms with E-state index in [4.69, 9.17) is 9.57 Å². The van der Waals surface area contributed by atoms with Gasteiger partial charge in [0, 0.05) is 5.41 Å². The number of carbonyl (C=O) groups excluding carboxylic acids is 1. The Morgan fingerprint density at radius 1 is 1.53 bits per heavy atom. The first kappa shape index (κ1) is 12.4. The van der Waals surface area contributed by atoms with Crippen molar-refractivity contribution in [1.82, 2.24) is 0 Å². The third kappa shape index (κ3) is 1.56. The minimum atomic E-state index is -1.31. The zero-order valence-electron chi connectivity index (χ0n) is 10.7. The highest BCUT2D eigenvalue weighted by atomic mass is 16.7. The first-order valence-electron chi connectivity index (χ1n) is 5.87. The summed E-state index contributed by atoms with van der Waals surface area (Å²) in [6, 6.07) is 0. The molecule has 3 atom stereocenters. The quantitative estimate of drug-likeness (QED) is 0.698. The number of hydrogen-bond acceptors (Lipinski definition) is 5. The molecule has 1 aliphatic heterocycles. The van der Waals surface area contributed by atoms with Crippen LogP contribution < -0.4 is 0 Å². The Kier molecular flexibility index (Phi) is 2.69. The molecule has 5 heteroatoms. The lowest BCUT2D eigenvalue weighted by Gasteiger charge is -2.29. The van der Waals surface area contributed by atoms with Crippen LogP contribution in [0.1, 0.15) is 33.6 Å². The minimum absolute atomic E-state index is 0.176. The number of oxime groups is 1. The molecule has 1 N–H and O–H groups in total. The molecule has 0 bridgehead atoms. The second-order valence-corrected chi connectivity index (χ2v) is 5.75. The van der Waals surface area contributed by atoms with Crippen molar-refractivity contribution in [3.63, 3.8) is 0 Å². The summed E-state index contributed by atoms with van der Waals surface area (Å²) in [5.74, 6) is -0.708. The van der Waals surface area contributed by atoms with Gasteiger partial charge in [-0.1, -0.05) is 25.9 Å². The molecule has 96 valence electrons. The molecule has 1 fully saturated rings. The standard InChI is InChI=1S/C12H19NO4/c1-11(2,3)9-7-5-6-8(14)12(7,17-13-9)10(15)16-4/h7-8,14H,5-6H2,1-4H3. The van der Waals surface area contributed by atoms with Crippen LogP contribution in [-0.4, -0.2) is 35.6 Å². The molecular weight excluding hydrogens is 222 g/mol. The van der Waals surface area contributed by atoms with Gasteiger partial charge in [-0.05, 0) is 12.8 Å². The van der Waals surface area contributed by atoms with Gasteiger partial charge in [0.25, 0.3) is 5.60 Å². The maximum Gasteiger partial charge on any atom is 0.356 e. The van der Waals surface area contributed by atoms with Crippen molar-refractivity contribution >= 4 is 11.7 Å². The number of fused-ring (bicyclic) bond motifs is 1. The Hall–Kier alpha value is -1.10. The molecule has 0 aromatic heterocycles. The summed E-state index contributed by atoms with van der Waals surface area (Å²) in [5, 5.41) is 14.1. The van der Waals surface area contributed by atoms with Crippen molar-refractivity contribution in [3.05, 3.63) is 0 Å². The van der Waals surface area contributed by atoms with Crippen molar-refractivity contribution < 1.29 is 19.5 Å². The Morgan fingerprint density at radius 3 is 2.71 bits per heavy atom. The average molecular weight is 241 g/mol. The molecule has 0 aromatic carbocycles.